The lowest BCUT2D eigenvalue weighted by Gasteiger charge is -2.26. The molecule has 0 aromatic rings. The van der Waals surface area contributed by atoms with Crippen LogP contribution < -0.4 is 0 Å². The summed E-state index contributed by atoms with van der Waals surface area (Å²) in [6.45, 7) is 8.79. The highest BCUT2D eigenvalue weighted by molar-refractivity contribution is 4.72. The molecule has 0 bridgehead atoms. The maximum absolute atomic E-state index is 10.1. The van der Waals surface area contributed by atoms with Crippen LogP contribution in [0.5, 0.6) is 0 Å². The fourth-order valence-electron chi connectivity index (χ4n) is 2.17. The van der Waals surface area contributed by atoms with Gasteiger partial charge in [-0.3, -0.25) is 0 Å². The number of hydrogen-bond acceptors (Lipinski definition) is 1. The van der Waals surface area contributed by atoms with E-state index < -0.39 is 0 Å². The third-order valence-electron chi connectivity index (χ3n) is 3.26. The van der Waals surface area contributed by atoms with Crippen LogP contribution in [0.2, 0.25) is 0 Å². The minimum atomic E-state index is -0.0773. The first kappa shape index (κ1) is 14.0. The van der Waals surface area contributed by atoms with Crippen LogP contribution in [-0.2, 0) is 0 Å². The Bertz CT molecular complexity index is 122. The van der Waals surface area contributed by atoms with Crippen LogP contribution in [0.4, 0.5) is 0 Å². The fourth-order valence-corrected chi connectivity index (χ4v) is 2.17. The summed E-state index contributed by atoms with van der Waals surface area (Å²) in [5.74, 6) is 0.998. The van der Waals surface area contributed by atoms with Crippen molar-refractivity contribution in [1.82, 2.24) is 0 Å². The molecule has 1 nitrogen and oxygen atoms in total. The molecule has 0 radical (unpaired) electrons. The van der Waals surface area contributed by atoms with Crippen LogP contribution in [-0.4, -0.2) is 11.2 Å². The van der Waals surface area contributed by atoms with E-state index in [-0.39, 0.29) is 6.10 Å². The minimum absolute atomic E-state index is 0.0773. The number of aliphatic hydroxyl groups is 1. The normalized spacial score (nSPS) is 17.8. The van der Waals surface area contributed by atoms with Crippen LogP contribution in [0, 0.1) is 11.8 Å². The number of unbranched alkanes of at least 4 members (excludes halogenated alkanes) is 1. The van der Waals surface area contributed by atoms with Gasteiger partial charge in [-0.15, -0.1) is 0 Å². The van der Waals surface area contributed by atoms with E-state index in [4.69, 9.17) is 0 Å². The van der Waals surface area contributed by atoms with Gasteiger partial charge in [0.25, 0.3) is 0 Å². The summed E-state index contributed by atoms with van der Waals surface area (Å²) in [5, 5.41) is 10.1. The van der Waals surface area contributed by atoms with Crippen molar-refractivity contribution in [2.75, 3.05) is 0 Å². The summed E-state index contributed by atoms with van der Waals surface area (Å²) in [5.41, 5.74) is 0. The Morgan fingerprint density at radius 2 is 1.64 bits per heavy atom. The molecule has 86 valence electrons. The minimum Gasteiger partial charge on any atom is -0.393 e. The topological polar surface area (TPSA) is 20.2 Å². The molecule has 0 aromatic heterocycles. The summed E-state index contributed by atoms with van der Waals surface area (Å²) in [4.78, 5) is 0. The van der Waals surface area contributed by atoms with E-state index in [2.05, 4.69) is 27.7 Å². The smallest absolute Gasteiger partial charge is 0.0593 e. The lowest BCUT2D eigenvalue weighted by atomic mass is 9.84. The number of aliphatic hydroxyl groups excluding tert-OH is 1. The third kappa shape index (κ3) is 4.99. The van der Waals surface area contributed by atoms with Crippen LogP contribution in [0.3, 0.4) is 0 Å². The maximum Gasteiger partial charge on any atom is 0.0593 e. The molecule has 0 fully saturated rings. The largest absolute Gasteiger partial charge is 0.393 e. The summed E-state index contributed by atoms with van der Waals surface area (Å²) in [6, 6.07) is 0. The lowest BCUT2D eigenvalue weighted by Crippen LogP contribution is -2.27. The van der Waals surface area contributed by atoms with E-state index in [9.17, 15) is 5.11 Å². The highest BCUT2D eigenvalue weighted by Gasteiger charge is 2.21. The van der Waals surface area contributed by atoms with E-state index in [1.807, 2.05) is 0 Å². The molecule has 3 atom stereocenters. The van der Waals surface area contributed by atoms with Crippen LogP contribution in [0.25, 0.3) is 0 Å². The molecule has 1 N–H and O–H groups in total. The van der Waals surface area contributed by atoms with E-state index in [0.717, 1.165) is 12.8 Å². The van der Waals surface area contributed by atoms with E-state index in [0.29, 0.717) is 11.8 Å². The molecule has 0 saturated carbocycles. The molecule has 0 rings (SSSR count). The van der Waals surface area contributed by atoms with Crippen molar-refractivity contribution in [3.63, 3.8) is 0 Å². The molecule has 0 spiro atoms. The van der Waals surface area contributed by atoms with Gasteiger partial charge in [-0.05, 0) is 24.7 Å². The maximum atomic E-state index is 10.1. The molecular weight excluding hydrogens is 172 g/mol. The summed E-state index contributed by atoms with van der Waals surface area (Å²) in [6.07, 6.45) is 7.08. The van der Waals surface area contributed by atoms with Gasteiger partial charge in [0.05, 0.1) is 6.10 Å². The van der Waals surface area contributed by atoms with Crippen LogP contribution in [0.1, 0.15) is 66.2 Å². The molecule has 0 heterocycles. The first-order valence-electron chi connectivity index (χ1n) is 6.35. The second kappa shape index (κ2) is 8.28. The van der Waals surface area contributed by atoms with Gasteiger partial charge in [-0.2, -0.15) is 0 Å². The summed E-state index contributed by atoms with van der Waals surface area (Å²) in [7, 11) is 0. The Morgan fingerprint density at radius 1 is 1.00 bits per heavy atom. The molecule has 0 saturated heterocycles. The molecule has 0 amide bonds. The Hall–Kier alpha value is -0.0400. The number of hydrogen-bond donors (Lipinski definition) is 1. The SMILES string of the molecule is CCCCC(CC)C(O)C(C)CCC. The average molecular weight is 200 g/mol. The molecule has 0 aliphatic heterocycles. The van der Waals surface area contributed by atoms with Gasteiger partial charge in [0.15, 0.2) is 0 Å². The van der Waals surface area contributed by atoms with Crippen molar-refractivity contribution in [2.45, 2.75) is 72.3 Å². The van der Waals surface area contributed by atoms with Crippen molar-refractivity contribution >= 4 is 0 Å². The van der Waals surface area contributed by atoms with Gasteiger partial charge in [0, 0.05) is 0 Å². The Kier molecular flexibility index (Phi) is 8.26. The van der Waals surface area contributed by atoms with E-state index in [1.54, 1.807) is 0 Å². The van der Waals surface area contributed by atoms with Gasteiger partial charge < -0.3 is 5.11 Å². The molecule has 14 heavy (non-hydrogen) atoms. The Morgan fingerprint density at radius 3 is 2.07 bits per heavy atom. The van der Waals surface area contributed by atoms with Crippen molar-refractivity contribution in [2.24, 2.45) is 11.8 Å². The van der Waals surface area contributed by atoms with Gasteiger partial charge >= 0.3 is 0 Å². The quantitative estimate of drug-likeness (QED) is 0.628. The highest BCUT2D eigenvalue weighted by atomic mass is 16.3. The predicted molar refractivity (Wildman–Crippen MR) is 63.4 cm³/mol. The number of rotatable bonds is 8. The van der Waals surface area contributed by atoms with E-state index >= 15 is 0 Å². The first-order chi connectivity index (χ1) is 6.67. The second-order valence-corrected chi connectivity index (χ2v) is 4.57. The van der Waals surface area contributed by atoms with Crippen molar-refractivity contribution in [1.29, 1.82) is 0 Å². The van der Waals surface area contributed by atoms with E-state index in [1.165, 1.54) is 25.7 Å². The van der Waals surface area contributed by atoms with Crippen molar-refractivity contribution in [3.8, 4) is 0 Å². The molecule has 0 aliphatic carbocycles. The summed E-state index contributed by atoms with van der Waals surface area (Å²) >= 11 is 0. The van der Waals surface area contributed by atoms with Crippen LogP contribution >= 0.6 is 0 Å². The molecular formula is C13H28O. The highest BCUT2D eigenvalue weighted by Crippen LogP contribution is 2.24. The first-order valence-corrected chi connectivity index (χ1v) is 6.35. The zero-order valence-corrected chi connectivity index (χ0v) is 10.4. The standard InChI is InChI=1S/C13H28O/c1-5-8-10-12(7-3)13(14)11(4)9-6-2/h11-14H,5-10H2,1-4H3. The monoisotopic (exact) mass is 200 g/mol. The zero-order chi connectivity index (χ0) is 11.0. The van der Waals surface area contributed by atoms with Gasteiger partial charge in [-0.25, -0.2) is 0 Å². The zero-order valence-electron chi connectivity index (χ0n) is 10.4. The lowest BCUT2D eigenvalue weighted by molar-refractivity contribution is 0.0466. The van der Waals surface area contributed by atoms with Gasteiger partial charge in [-0.1, -0.05) is 53.4 Å². The molecule has 0 aliphatic rings. The predicted octanol–water partition coefficient (Wildman–Crippen LogP) is 4.00. The molecule has 1 heteroatoms. The molecule has 3 unspecified atom stereocenters. The van der Waals surface area contributed by atoms with Gasteiger partial charge in [0.1, 0.15) is 0 Å². The fraction of sp³-hybridized carbons (Fsp3) is 1.00. The summed E-state index contributed by atoms with van der Waals surface area (Å²) < 4.78 is 0. The van der Waals surface area contributed by atoms with Crippen molar-refractivity contribution in [3.05, 3.63) is 0 Å². The van der Waals surface area contributed by atoms with Gasteiger partial charge in [0.2, 0.25) is 0 Å². The van der Waals surface area contributed by atoms with Crippen LogP contribution in [0.15, 0.2) is 0 Å². The third-order valence-corrected chi connectivity index (χ3v) is 3.26. The average Bonchev–Trinajstić information content (AvgIpc) is 2.19. The Balaban J connectivity index is 3.94. The van der Waals surface area contributed by atoms with Crippen molar-refractivity contribution < 1.29 is 5.11 Å². The molecule has 0 aromatic carbocycles. The Labute approximate surface area is 89.9 Å². The second-order valence-electron chi connectivity index (χ2n) is 4.57.